The van der Waals surface area contributed by atoms with Crippen molar-refractivity contribution in [2.75, 3.05) is 13.7 Å². The third-order valence-corrected chi connectivity index (χ3v) is 2.10. The fourth-order valence-corrected chi connectivity index (χ4v) is 1.34. The van der Waals surface area contributed by atoms with E-state index in [1.807, 2.05) is 0 Å². The predicted octanol–water partition coefficient (Wildman–Crippen LogP) is -0.164. The van der Waals surface area contributed by atoms with Gasteiger partial charge in [-0.1, -0.05) is 0 Å². The molecular weight excluding hydrogens is 196 g/mol. The Balaban J connectivity index is 2.94. The molecule has 1 heterocycles. The van der Waals surface area contributed by atoms with Gasteiger partial charge in [0, 0.05) is 0 Å². The monoisotopic (exact) mass is 203 g/mol. The second kappa shape index (κ2) is 4.20. The zero-order chi connectivity index (χ0) is 9.84. The lowest BCUT2D eigenvalue weighted by Crippen LogP contribution is -2.14. The van der Waals surface area contributed by atoms with Gasteiger partial charge in [-0.05, 0) is 17.2 Å². The minimum atomic E-state index is -2.49. The third kappa shape index (κ3) is 2.16. The highest BCUT2D eigenvalue weighted by atomic mass is 32.2. The summed E-state index contributed by atoms with van der Waals surface area (Å²) in [5, 5.41) is 0. The van der Waals surface area contributed by atoms with Crippen molar-refractivity contribution in [3.05, 3.63) is 22.8 Å². The van der Waals surface area contributed by atoms with Gasteiger partial charge >= 0.3 is 5.97 Å². The molecule has 1 rings (SSSR count). The minimum Gasteiger partial charge on any atom is -0.768 e. The van der Waals surface area contributed by atoms with Crippen LogP contribution in [0.5, 0.6) is 0 Å². The van der Waals surface area contributed by atoms with Crippen LogP contribution in [0.15, 0.2) is 22.8 Å². The lowest BCUT2D eigenvalue weighted by atomic mass is 10.2. The molecule has 0 aliphatic carbocycles. The highest BCUT2D eigenvalue weighted by Gasteiger charge is 2.18. The molecule has 0 spiro atoms. The molecule has 1 unspecified atom stereocenters. The van der Waals surface area contributed by atoms with Crippen LogP contribution in [0.4, 0.5) is 0 Å². The van der Waals surface area contributed by atoms with E-state index in [1.54, 1.807) is 0 Å². The molecule has 0 N–H and O–H groups in total. The first-order chi connectivity index (χ1) is 6.16. The molecule has 1 aliphatic rings. The number of hydrogen-bond donors (Lipinski definition) is 0. The van der Waals surface area contributed by atoms with Crippen LogP contribution in [0, 0.1) is 0 Å². The van der Waals surface area contributed by atoms with E-state index < -0.39 is 17.0 Å². The molecule has 0 radical (unpaired) electrons. The Morgan fingerprint density at radius 3 is 3.00 bits per heavy atom. The van der Waals surface area contributed by atoms with E-state index in [4.69, 9.17) is 4.74 Å². The standard InChI is InChI=1S/C7H8O5S/c1-11-7(8)5-2-3-12-4-6(5)13(9)10/h2,4H,3H2,1H3,(H,9,10)/p-1. The van der Waals surface area contributed by atoms with Crippen LogP contribution in [0.1, 0.15) is 0 Å². The summed E-state index contributed by atoms with van der Waals surface area (Å²) >= 11 is -2.49. The van der Waals surface area contributed by atoms with Crippen molar-refractivity contribution < 1.29 is 23.0 Å². The summed E-state index contributed by atoms with van der Waals surface area (Å²) in [5.41, 5.74) is 0.0158. The topological polar surface area (TPSA) is 75.7 Å². The first-order valence-electron chi connectivity index (χ1n) is 3.36. The highest BCUT2D eigenvalue weighted by molar-refractivity contribution is 7.83. The summed E-state index contributed by atoms with van der Waals surface area (Å²) in [7, 11) is 1.18. The molecule has 0 saturated heterocycles. The Kier molecular flexibility index (Phi) is 3.21. The van der Waals surface area contributed by atoms with E-state index in [9.17, 15) is 13.6 Å². The average molecular weight is 203 g/mol. The number of methoxy groups -OCH3 is 1. The van der Waals surface area contributed by atoms with Gasteiger partial charge in [0.15, 0.2) is 0 Å². The van der Waals surface area contributed by atoms with Gasteiger partial charge in [-0.25, -0.2) is 4.79 Å². The Hall–Kier alpha value is -1.14. The number of carbonyl (C=O) groups is 1. The molecule has 0 aromatic heterocycles. The molecular formula is C7H7O5S-. The molecule has 72 valence electrons. The zero-order valence-electron chi connectivity index (χ0n) is 6.81. The smallest absolute Gasteiger partial charge is 0.338 e. The highest BCUT2D eigenvalue weighted by Crippen LogP contribution is 2.18. The largest absolute Gasteiger partial charge is 0.768 e. The van der Waals surface area contributed by atoms with Gasteiger partial charge in [-0.15, -0.1) is 0 Å². The lowest BCUT2D eigenvalue weighted by molar-refractivity contribution is -0.135. The van der Waals surface area contributed by atoms with E-state index in [0.29, 0.717) is 0 Å². The average Bonchev–Trinajstić information content (AvgIpc) is 2.16. The van der Waals surface area contributed by atoms with Crippen LogP contribution in [-0.4, -0.2) is 28.4 Å². The fraction of sp³-hybridized carbons (Fsp3) is 0.286. The Morgan fingerprint density at radius 1 is 1.77 bits per heavy atom. The molecule has 6 heteroatoms. The SMILES string of the molecule is COC(=O)C1=CCOC=C1S(=O)[O-]. The molecule has 13 heavy (non-hydrogen) atoms. The van der Waals surface area contributed by atoms with Crippen molar-refractivity contribution in [3.8, 4) is 0 Å². The van der Waals surface area contributed by atoms with Crippen molar-refractivity contribution in [1.29, 1.82) is 0 Å². The molecule has 0 saturated carbocycles. The summed E-state index contributed by atoms with van der Waals surface area (Å²) in [6.45, 7) is 0.172. The van der Waals surface area contributed by atoms with Gasteiger partial charge in [0.2, 0.25) is 0 Å². The summed E-state index contributed by atoms with van der Waals surface area (Å²) in [5.74, 6) is -0.682. The number of esters is 1. The molecule has 0 bridgehead atoms. The van der Waals surface area contributed by atoms with Crippen LogP contribution in [0.2, 0.25) is 0 Å². The molecule has 0 fully saturated rings. The first-order valence-corrected chi connectivity index (χ1v) is 4.44. The summed E-state index contributed by atoms with van der Waals surface area (Å²) in [6.07, 6.45) is 2.38. The summed E-state index contributed by atoms with van der Waals surface area (Å²) in [6, 6.07) is 0. The fourth-order valence-electron chi connectivity index (χ4n) is 0.842. The second-order valence-electron chi connectivity index (χ2n) is 2.16. The Bertz CT molecular complexity index is 304. The maximum atomic E-state index is 11.0. The summed E-state index contributed by atoms with van der Waals surface area (Å²) in [4.78, 5) is 10.8. The Labute approximate surface area is 77.3 Å². The van der Waals surface area contributed by atoms with Crippen molar-refractivity contribution in [1.82, 2.24) is 0 Å². The lowest BCUT2D eigenvalue weighted by Gasteiger charge is -2.16. The Morgan fingerprint density at radius 2 is 2.46 bits per heavy atom. The van der Waals surface area contributed by atoms with Crippen LogP contribution >= 0.6 is 0 Å². The van der Waals surface area contributed by atoms with Crippen LogP contribution in [-0.2, 0) is 25.3 Å². The van der Waals surface area contributed by atoms with Crippen molar-refractivity contribution >= 4 is 17.0 Å². The molecule has 1 aliphatic heterocycles. The van der Waals surface area contributed by atoms with Gasteiger partial charge in [-0.3, -0.25) is 4.21 Å². The van der Waals surface area contributed by atoms with Crippen molar-refractivity contribution in [2.45, 2.75) is 0 Å². The second-order valence-corrected chi connectivity index (χ2v) is 3.07. The third-order valence-electron chi connectivity index (χ3n) is 1.42. The minimum absolute atomic E-state index is 0.0158. The van der Waals surface area contributed by atoms with E-state index in [-0.39, 0.29) is 17.1 Å². The van der Waals surface area contributed by atoms with E-state index in [1.165, 1.54) is 13.2 Å². The molecule has 0 aromatic carbocycles. The molecule has 1 atom stereocenters. The number of ether oxygens (including phenoxy) is 2. The van der Waals surface area contributed by atoms with Crippen molar-refractivity contribution in [2.24, 2.45) is 0 Å². The molecule has 0 amide bonds. The van der Waals surface area contributed by atoms with Gasteiger partial charge in [0.05, 0.1) is 23.9 Å². The van der Waals surface area contributed by atoms with Gasteiger partial charge in [0.25, 0.3) is 0 Å². The van der Waals surface area contributed by atoms with Crippen molar-refractivity contribution in [3.63, 3.8) is 0 Å². The van der Waals surface area contributed by atoms with Gasteiger partial charge < -0.3 is 14.0 Å². The first kappa shape index (κ1) is 9.94. The normalized spacial score (nSPS) is 18.0. The van der Waals surface area contributed by atoms with Crippen LogP contribution < -0.4 is 0 Å². The number of rotatable bonds is 2. The molecule has 5 nitrogen and oxygen atoms in total. The maximum absolute atomic E-state index is 11.0. The van der Waals surface area contributed by atoms with Crippen LogP contribution in [0.3, 0.4) is 0 Å². The van der Waals surface area contributed by atoms with Crippen LogP contribution in [0.25, 0.3) is 0 Å². The van der Waals surface area contributed by atoms with E-state index in [0.717, 1.165) is 6.26 Å². The molecule has 0 aromatic rings. The van der Waals surface area contributed by atoms with Gasteiger partial charge in [-0.2, -0.15) is 0 Å². The summed E-state index contributed by atoms with van der Waals surface area (Å²) < 4.78 is 30.3. The predicted molar refractivity (Wildman–Crippen MR) is 43.1 cm³/mol. The van der Waals surface area contributed by atoms with E-state index >= 15 is 0 Å². The number of hydrogen-bond acceptors (Lipinski definition) is 5. The van der Waals surface area contributed by atoms with Gasteiger partial charge in [0.1, 0.15) is 6.61 Å². The zero-order valence-corrected chi connectivity index (χ0v) is 7.63. The maximum Gasteiger partial charge on any atom is 0.338 e. The number of carbonyl (C=O) groups excluding carboxylic acids is 1. The van der Waals surface area contributed by atoms with E-state index in [2.05, 4.69) is 4.74 Å². The quantitative estimate of drug-likeness (QED) is 0.460.